The highest BCUT2D eigenvalue weighted by molar-refractivity contribution is 5.94. The van der Waals surface area contributed by atoms with Crippen LogP contribution < -0.4 is 5.73 Å². The van der Waals surface area contributed by atoms with Crippen LogP contribution in [0.15, 0.2) is 24.3 Å². The normalized spacial score (nSPS) is 23.2. The Labute approximate surface area is 135 Å². The SMILES string of the molecule is NC(=O)[C@H]1CCCN1C1CCN(C(=O)c2ccccc2F)CC1. The number of halogens is 1. The number of nitrogens with two attached hydrogens (primary N) is 1. The molecule has 2 heterocycles. The van der Waals surface area contributed by atoms with Gasteiger partial charge in [0.15, 0.2) is 0 Å². The van der Waals surface area contributed by atoms with Gasteiger partial charge in [-0.2, -0.15) is 0 Å². The Morgan fingerprint density at radius 1 is 1.09 bits per heavy atom. The monoisotopic (exact) mass is 319 g/mol. The molecule has 3 rings (SSSR count). The summed E-state index contributed by atoms with van der Waals surface area (Å²) in [7, 11) is 0. The quantitative estimate of drug-likeness (QED) is 0.915. The Hall–Kier alpha value is -1.95. The van der Waals surface area contributed by atoms with E-state index in [1.807, 2.05) is 0 Å². The van der Waals surface area contributed by atoms with Crippen molar-refractivity contribution in [3.63, 3.8) is 0 Å². The summed E-state index contributed by atoms with van der Waals surface area (Å²) in [4.78, 5) is 27.8. The number of likely N-dealkylation sites (tertiary alicyclic amines) is 2. The van der Waals surface area contributed by atoms with Gasteiger partial charge in [-0.1, -0.05) is 12.1 Å². The minimum absolute atomic E-state index is 0.127. The lowest BCUT2D eigenvalue weighted by atomic mass is 10.0. The maximum absolute atomic E-state index is 13.8. The third-order valence-electron chi connectivity index (χ3n) is 4.95. The fourth-order valence-corrected chi connectivity index (χ4v) is 3.74. The van der Waals surface area contributed by atoms with Gasteiger partial charge in [-0.05, 0) is 44.4 Å². The predicted octanol–water partition coefficient (Wildman–Crippen LogP) is 1.38. The van der Waals surface area contributed by atoms with Gasteiger partial charge < -0.3 is 10.6 Å². The maximum atomic E-state index is 13.8. The van der Waals surface area contributed by atoms with E-state index in [9.17, 15) is 14.0 Å². The average molecular weight is 319 g/mol. The molecule has 2 aliphatic rings. The summed E-state index contributed by atoms with van der Waals surface area (Å²) in [6.07, 6.45) is 3.40. The van der Waals surface area contributed by atoms with E-state index in [1.54, 1.807) is 17.0 Å². The van der Waals surface area contributed by atoms with Gasteiger partial charge in [0, 0.05) is 19.1 Å². The number of nitrogens with zero attached hydrogens (tertiary/aromatic N) is 2. The van der Waals surface area contributed by atoms with Crippen molar-refractivity contribution in [2.75, 3.05) is 19.6 Å². The fraction of sp³-hybridized carbons (Fsp3) is 0.529. The molecule has 2 aliphatic heterocycles. The predicted molar refractivity (Wildman–Crippen MR) is 84.2 cm³/mol. The molecule has 23 heavy (non-hydrogen) atoms. The van der Waals surface area contributed by atoms with E-state index in [0.29, 0.717) is 13.1 Å². The largest absolute Gasteiger partial charge is 0.368 e. The Morgan fingerprint density at radius 3 is 2.43 bits per heavy atom. The van der Waals surface area contributed by atoms with Crippen LogP contribution >= 0.6 is 0 Å². The number of piperidine rings is 1. The van der Waals surface area contributed by atoms with E-state index in [1.165, 1.54) is 12.1 Å². The molecule has 1 aromatic carbocycles. The molecule has 2 N–H and O–H groups in total. The van der Waals surface area contributed by atoms with Crippen molar-refractivity contribution in [3.05, 3.63) is 35.6 Å². The number of benzene rings is 1. The van der Waals surface area contributed by atoms with Gasteiger partial charge in [0.1, 0.15) is 5.82 Å². The Bertz CT molecular complexity index is 599. The number of carbonyl (C=O) groups excluding carboxylic acids is 2. The van der Waals surface area contributed by atoms with E-state index in [4.69, 9.17) is 5.73 Å². The lowest BCUT2D eigenvalue weighted by Gasteiger charge is -2.38. The summed E-state index contributed by atoms with van der Waals surface area (Å²) in [5.41, 5.74) is 5.60. The molecular formula is C17H22FN3O2. The van der Waals surface area contributed by atoms with Crippen LogP contribution in [0, 0.1) is 5.82 Å². The van der Waals surface area contributed by atoms with Gasteiger partial charge >= 0.3 is 0 Å². The van der Waals surface area contributed by atoms with Crippen LogP contribution in [0.2, 0.25) is 0 Å². The van der Waals surface area contributed by atoms with Gasteiger partial charge in [-0.3, -0.25) is 14.5 Å². The van der Waals surface area contributed by atoms with Gasteiger partial charge in [0.2, 0.25) is 5.91 Å². The molecule has 0 aliphatic carbocycles. The summed E-state index contributed by atoms with van der Waals surface area (Å²) >= 11 is 0. The van der Waals surface area contributed by atoms with Crippen LogP contribution in [0.25, 0.3) is 0 Å². The highest BCUT2D eigenvalue weighted by atomic mass is 19.1. The molecule has 0 aromatic heterocycles. The standard InChI is InChI=1S/C17H22FN3O2/c18-14-5-2-1-4-13(14)17(23)20-10-7-12(8-11-20)21-9-3-6-15(21)16(19)22/h1-2,4-5,12,15H,3,6-11H2,(H2,19,22)/t15-/m1/s1. The molecular weight excluding hydrogens is 297 g/mol. The number of rotatable bonds is 3. The maximum Gasteiger partial charge on any atom is 0.256 e. The van der Waals surface area contributed by atoms with E-state index in [0.717, 1.165) is 32.2 Å². The molecule has 1 atom stereocenters. The molecule has 0 saturated carbocycles. The third kappa shape index (κ3) is 3.22. The van der Waals surface area contributed by atoms with Crippen molar-refractivity contribution in [1.82, 2.24) is 9.80 Å². The van der Waals surface area contributed by atoms with E-state index in [-0.39, 0.29) is 29.5 Å². The second-order valence-electron chi connectivity index (χ2n) is 6.30. The first-order valence-electron chi connectivity index (χ1n) is 8.17. The summed E-state index contributed by atoms with van der Waals surface area (Å²) in [6, 6.07) is 6.18. The van der Waals surface area contributed by atoms with Crippen molar-refractivity contribution in [2.24, 2.45) is 5.73 Å². The number of carbonyl (C=O) groups is 2. The van der Waals surface area contributed by atoms with Gasteiger partial charge in [-0.25, -0.2) is 4.39 Å². The molecule has 5 nitrogen and oxygen atoms in total. The number of amides is 2. The second kappa shape index (κ2) is 6.66. The first kappa shape index (κ1) is 15.9. The zero-order chi connectivity index (χ0) is 16.4. The van der Waals surface area contributed by atoms with E-state index >= 15 is 0 Å². The minimum Gasteiger partial charge on any atom is -0.368 e. The molecule has 0 spiro atoms. The number of primary amides is 1. The lowest BCUT2D eigenvalue weighted by molar-refractivity contribution is -0.123. The van der Waals surface area contributed by atoms with Crippen molar-refractivity contribution >= 4 is 11.8 Å². The highest BCUT2D eigenvalue weighted by Gasteiger charge is 2.36. The average Bonchev–Trinajstić information content (AvgIpc) is 3.05. The zero-order valence-electron chi connectivity index (χ0n) is 13.1. The van der Waals surface area contributed by atoms with Gasteiger partial charge in [0.25, 0.3) is 5.91 Å². The first-order chi connectivity index (χ1) is 11.1. The summed E-state index contributed by atoms with van der Waals surface area (Å²) < 4.78 is 13.8. The molecule has 6 heteroatoms. The van der Waals surface area contributed by atoms with Crippen LogP contribution in [0.5, 0.6) is 0 Å². The van der Waals surface area contributed by atoms with Crippen LogP contribution in [0.1, 0.15) is 36.0 Å². The Balaban J connectivity index is 1.61. The van der Waals surface area contributed by atoms with Crippen LogP contribution in [-0.2, 0) is 4.79 Å². The molecule has 0 bridgehead atoms. The molecule has 124 valence electrons. The van der Waals surface area contributed by atoms with Crippen LogP contribution in [0.3, 0.4) is 0 Å². The molecule has 2 amide bonds. The summed E-state index contributed by atoms with van der Waals surface area (Å²) in [5.74, 6) is -0.991. The minimum atomic E-state index is -0.479. The van der Waals surface area contributed by atoms with Gasteiger partial charge in [-0.15, -0.1) is 0 Å². The van der Waals surface area contributed by atoms with Crippen molar-refractivity contribution in [3.8, 4) is 0 Å². The molecule has 0 unspecified atom stereocenters. The smallest absolute Gasteiger partial charge is 0.256 e. The summed E-state index contributed by atoms with van der Waals surface area (Å²) in [5, 5.41) is 0. The molecule has 2 fully saturated rings. The zero-order valence-corrected chi connectivity index (χ0v) is 13.1. The Kier molecular flexibility index (Phi) is 4.61. The van der Waals surface area contributed by atoms with Crippen LogP contribution in [0.4, 0.5) is 4.39 Å². The van der Waals surface area contributed by atoms with E-state index in [2.05, 4.69) is 4.90 Å². The van der Waals surface area contributed by atoms with Crippen molar-refractivity contribution in [1.29, 1.82) is 0 Å². The number of hydrogen-bond acceptors (Lipinski definition) is 3. The van der Waals surface area contributed by atoms with Crippen LogP contribution in [-0.4, -0.2) is 53.3 Å². The lowest BCUT2D eigenvalue weighted by Crippen LogP contribution is -2.51. The Morgan fingerprint density at radius 2 is 1.78 bits per heavy atom. The molecule has 1 aromatic rings. The van der Waals surface area contributed by atoms with Gasteiger partial charge in [0.05, 0.1) is 11.6 Å². The molecule has 0 radical (unpaired) electrons. The highest BCUT2D eigenvalue weighted by Crippen LogP contribution is 2.26. The third-order valence-corrected chi connectivity index (χ3v) is 4.95. The second-order valence-corrected chi connectivity index (χ2v) is 6.30. The number of hydrogen-bond donors (Lipinski definition) is 1. The summed E-state index contributed by atoms with van der Waals surface area (Å²) in [6.45, 7) is 2.05. The van der Waals surface area contributed by atoms with Crippen molar-refractivity contribution < 1.29 is 14.0 Å². The topological polar surface area (TPSA) is 66.6 Å². The molecule has 2 saturated heterocycles. The van der Waals surface area contributed by atoms with Crippen molar-refractivity contribution in [2.45, 2.75) is 37.8 Å². The van der Waals surface area contributed by atoms with E-state index < -0.39 is 5.82 Å². The fourth-order valence-electron chi connectivity index (χ4n) is 3.74. The first-order valence-corrected chi connectivity index (χ1v) is 8.17.